The predicted octanol–water partition coefficient (Wildman–Crippen LogP) is 3.07. The summed E-state index contributed by atoms with van der Waals surface area (Å²) in [6, 6.07) is 3.80. The van der Waals surface area contributed by atoms with E-state index in [1.165, 1.54) is 0 Å². The Hall–Kier alpha value is -1.55. The zero-order valence-corrected chi connectivity index (χ0v) is 12.6. The van der Waals surface area contributed by atoms with E-state index in [4.69, 9.17) is 9.47 Å². The highest BCUT2D eigenvalue weighted by Gasteiger charge is 2.31. The van der Waals surface area contributed by atoms with Crippen molar-refractivity contribution in [3.05, 3.63) is 23.3 Å². The van der Waals surface area contributed by atoms with Crippen molar-refractivity contribution in [2.24, 2.45) is 0 Å². The Kier molecular flexibility index (Phi) is 4.95. The van der Waals surface area contributed by atoms with Gasteiger partial charge in [-0.2, -0.15) is 0 Å². The van der Waals surface area contributed by atoms with E-state index in [-0.39, 0.29) is 5.91 Å². The number of amides is 1. The maximum absolute atomic E-state index is 12.2. The summed E-state index contributed by atoms with van der Waals surface area (Å²) < 4.78 is 10.6. The molecule has 1 aromatic carbocycles. The second kappa shape index (κ2) is 6.06. The standard InChI is InChI=1S/C15H23NO3/c1-7-15(4,19-6)14(17)16-12-8-10(2)13(18-5)11(3)9-12/h8-9H,7H2,1-6H3,(H,16,17)/t15-/m0/s1. The Morgan fingerprint density at radius 1 is 1.26 bits per heavy atom. The fraction of sp³-hybridized carbons (Fsp3) is 0.533. The second-order valence-electron chi connectivity index (χ2n) is 4.89. The van der Waals surface area contributed by atoms with Gasteiger partial charge in [-0.15, -0.1) is 0 Å². The monoisotopic (exact) mass is 265 g/mol. The van der Waals surface area contributed by atoms with Crippen LogP contribution in [-0.4, -0.2) is 25.7 Å². The van der Waals surface area contributed by atoms with E-state index in [2.05, 4.69) is 5.32 Å². The summed E-state index contributed by atoms with van der Waals surface area (Å²) in [4.78, 5) is 12.2. The van der Waals surface area contributed by atoms with Gasteiger partial charge in [0, 0.05) is 12.8 Å². The van der Waals surface area contributed by atoms with Gasteiger partial charge >= 0.3 is 0 Å². The van der Waals surface area contributed by atoms with Crippen LogP contribution in [0.5, 0.6) is 5.75 Å². The van der Waals surface area contributed by atoms with E-state index >= 15 is 0 Å². The van der Waals surface area contributed by atoms with E-state index in [1.807, 2.05) is 32.9 Å². The SMILES string of the molecule is CC[C@](C)(OC)C(=O)Nc1cc(C)c(OC)c(C)c1. The van der Waals surface area contributed by atoms with E-state index < -0.39 is 5.60 Å². The minimum atomic E-state index is -0.804. The van der Waals surface area contributed by atoms with E-state index in [1.54, 1.807) is 21.1 Å². The van der Waals surface area contributed by atoms with Crippen molar-refractivity contribution in [1.82, 2.24) is 0 Å². The van der Waals surface area contributed by atoms with Crippen molar-refractivity contribution >= 4 is 11.6 Å². The number of hydrogen-bond acceptors (Lipinski definition) is 3. The lowest BCUT2D eigenvalue weighted by molar-refractivity contribution is -0.136. The van der Waals surface area contributed by atoms with Gasteiger partial charge in [0.1, 0.15) is 11.4 Å². The van der Waals surface area contributed by atoms with Crippen LogP contribution >= 0.6 is 0 Å². The van der Waals surface area contributed by atoms with Crippen molar-refractivity contribution in [2.75, 3.05) is 19.5 Å². The quantitative estimate of drug-likeness (QED) is 0.890. The first-order chi connectivity index (χ1) is 8.87. The lowest BCUT2D eigenvalue weighted by Gasteiger charge is -2.25. The van der Waals surface area contributed by atoms with Gasteiger partial charge in [0.2, 0.25) is 0 Å². The lowest BCUT2D eigenvalue weighted by Crippen LogP contribution is -2.41. The molecule has 4 nitrogen and oxygen atoms in total. The highest BCUT2D eigenvalue weighted by atomic mass is 16.5. The molecule has 0 saturated carbocycles. The molecule has 0 aromatic heterocycles. The van der Waals surface area contributed by atoms with Crippen molar-refractivity contribution in [3.63, 3.8) is 0 Å². The molecule has 1 amide bonds. The van der Waals surface area contributed by atoms with Crippen LogP contribution in [0.25, 0.3) is 0 Å². The Balaban J connectivity index is 2.98. The molecule has 106 valence electrons. The Bertz CT molecular complexity index is 441. The van der Waals surface area contributed by atoms with Gasteiger partial charge in [-0.1, -0.05) is 6.92 Å². The number of anilines is 1. The molecule has 0 aliphatic rings. The molecule has 19 heavy (non-hydrogen) atoms. The highest BCUT2D eigenvalue weighted by molar-refractivity contribution is 5.97. The molecule has 1 rings (SSSR count). The summed E-state index contributed by atoms with van der Waals surface area (Å²) >= 11 is 0. The molecule has 0 unspecified atom stereocenters. The first-order valence-corrected chi connectivity index (χ1v) is 6.39. The Morgan fingerprint density at radius 2 is 1.79 bits per heavy atom. The lowest BCUT2D eigenvalue weighted by atomic mass is 10.0. The van der Waals surface area contributed by atoms with Crippen LogP contribution in [0.2, 0.25) is 0 Å². The number of hydrogen-bond donors (Lipinski definition) is 1. The summed E-state index contributed by atoms with van der Waals surface area (Å²) in [6.07, 6.45) is 0.615. The topological polar surface area (TPSA) is 47.6 Å². The van der Waals surface area contributed by atoms with Crippen molar-refractivity contribution in [2.45, 2.75) is 39.7 Å². The number of nitrogens with one attached hydrogen (secondary N) is 1. The molecule has 0 fully saturated rings. The van der Waals surface area contributed by atoms with E-state index in [0.29, 0.717) is 6.42 Å². The summed E-state index contributed by atoms with van der Waals surface area (Å²) in [7, 11) is 3.19. The fourth-order valence-electron chi connectivity index (χ4n) is 2.01. The predicted molar refractivity (Wildman–Crippen MR) is 76.8 cm³/mol. The summed E-state index contributed by atoms with van der Waals surface area (Å²) in [5.74, 6) is 0.712. The van der Waals surface area contributed by atoms with Crippen molar-refractivity contribution in [1.29, 1.82) is 0 Å². The van der Waals surface area contributed by atoms with Crippen molar-refractivity contribution in [3.8, 4) is 5.75 Å². The third kappa shape index (κ3) is 3.26. The van der Waals surface area contributed by atoms with Crippen molar-refractivity contribution < 1.29 is 14.3 Å². The van der Waals surface area contributed by atoms with E-state index in [0.717, 1.165) is 22.6 Å². The molecule has 1 N–H and O–H groups in total. The summed E-state index contributed by atoms with van der Waals surface area (Å²) in [6.45, 7) is 7.62. The van der Waals surface area contributed by atoms with Gasteiger partial charge in [-0.05, 0) is 50.5 Å². The molecule has 0 bridgehead atoms. The van der Waals surface area contributed by atoms with Gasteiger partial charge in [0.15, 0.2) is 0 Å². The number of carbonyl (C=O) groups is 1. The minimum absolute atomic E-state index is 0.138. The average molecular weight is 265 g/mol. The second-order valence-corrected chi connectivity index (χ2v) is 4.89. The van der Waals surface area contributed by atoms with Crippen LogP contribution in [0.4, 0.5) is 5.69 Å². The fourth-order valence-corrected chi connectivity index (χ4v) is 2.01. The van der Waals surface area contributed by atoms with Gasteiger partial charge in [0.05, 0.1) is 7.11 Å². The first kappa shape index (κ1) is 15.5. The Labute approximate surface area is 115 Å². The average Bonchev–Trinajstić information content (AvgIpc) is 2.37. The van der Waals surface area contributed by atoms with Gasteiger partial charge < -0.3 is 14.8 Å². The molecule has 0 aliphatic carbocycles. The van der Waals surface area contributed by atoms with Gasteiger partial charge in [-0.3, -0.25) is 4.79 Å². The number of carbonyl (C=O) groups excluding carboxylic acids is 1. The third-order valence-electron chi connectivity index (χ3n) is 3.53. The van der Waals surface area contributed by atoms with Crippen LogP contribution in [0, 0.1) is 13.8 Å². The molecule has 0 saturated heterocycles. The normalized spacial score (nSPS) is 13.8. The molecule has 1 aromatic rings. The molecule has 1 atom stereocenters. The molecule has 0 radical (unpaired) electrons. The van der Waals surface area contributed by atoms with Crippen LogP contribution in [0.15, 0.2) is 12.1 Å². The van der Waals surface area contributed by atoms with Crippen LogP contribution in [-0.2, 0) is 9.53 Å². The molecule has 0 heterocycles. The van der Waals surface area contributed by atoms with Crippen LogP contribution < -0.4 is 10.1 Å². The zero-order valence-electron chi connectivity index (χ0n) is 12.6. The number of ether oxygens (including phenoxy) is 2. The highest BCUT2D eigenvalue weighted by Crippen LogP contribution is 2.27. The smallest absolute Gasteiger partial charge is 0.256 e. The van der Waals surface area contributed by atoms with E-state index in [9.17, 15) is 4.79 Å². The van der Waals surface area contributed by atoms with Gasteiger partial charge in [0.25, 0.3) is 5.91 Å². The molecule has 0 aliphatic heterocycles. The van der Waals surface area contributed by atoms with Crippen LogP contribution in [0.3, 0.4) is 0 Å². The zero-order chi connectivity index (χ0) is 14.6. The Morgan fingerprint density at radius 3 is 2.16 bits per heavy atom. The largest absolute Gasteiger partial charge is 0.496 e. The summed E-state index contributed by atoms with van der Waals surface area (Å²) in [5, 5.41) is 2.90. The molecular formula is C15H23NO3. The molecular weight excluding hydrogens is 242 g/mol. The number of rotatable bonds is 5. The maximum atomic E-state index is 12.2. The number of methoxy groups -OCH3 is 2. The maximum Gasteiger partial charge on any atom is 0.256 e. The number of benzene rings is 1. The number of aryl methyl sites for hydroxylation is 2. The molecule has 0 spiro atoms. The molecule has 4 heteroatoms. The minimum Gasteiger partial charge on any atom is -0.496 e. The third-order valence-corrected chi connectivity index (χ3v) is 3.53. The van der Waals surface area contributed by atoms with Gasteiger partial charge in [-0.25, -0.2) is 0 Å². The van der Waals surface area contributed by atoms with Crippen LogP contribution in [0.1, 0.15) is 31.4 Å². The summed E-state index contributed by atoms with van der Waals surface area (Å²) in [5.41, 5.74) is 1.95. The first-order valence-electron chi connectivity index (χ1n) is 6.39.